The lowest BCUT2D eigenvalue weighted by molar-refractivity contribution is -0.384. The molecule has 1 amide bonds. The average molecular weight is 332 g/mol. The number of hydrogen-bond acceptors (Lipinski definition) is 7. The van der Waals surface area contributed by atoms with Crippen molar-refractivity contribution in [2.75, 3.05) is 5.75 Å². The smallest absolute Gasteiger partial charge is 0.270 e. The third-order valence-corrected chi connectivity index (χ3v) is 3.55. The number of amides is 1. The number of hydrazone groups is 1. The van der Waals surface area contributed by atoms with E-state index >= 15 is 0 Å². The molecule has 2 rings (SSSR count). The Bertz CT molecular complexity index is 737. The summed E-state index contributed by atoms with van der Waals surface area (Å²) in [5, 5.41) is 24.6. The van der Waals surface area contributed by atoms with E-state index in [1.54, 1.807) is 18.3 Å². The molecule has 1 heterocycles. The van der Waals surface area contributed by atoms with Gasteiger partial charge in [-0.15, -0.1) is 0 Å². The van der Waals surface area contributed by atoms with Crippen LogP contribution >= 0.6 is 11.8 Å². The van der Waals surface area contributed by atoms with Gasteiger partial charge in [-0.2, -0.15) is 5.10 Å². The van der Waals surface area contributed by atoms with E-state index in [-0.39, 0.29) is 28.7 Å². The summed E-state index contributed by atoms with van der Waals surface area (Å²) in [6, 6.07) is 8.90. The number of phenols is 1. The van der Waals surface area contributed by atoms with Crippen LogP contribution in [0.5, 0.6) is 5.75 Å². The normalized spacial score (nSPS) is 10.6. The number of carbonyl (C=O) groups is 1. The van der Waals surface area contributed by atoms with Crippen molar-refractivity contribution in [3.8, 4) is 5.75 Å². The number of nitrogens with zero attached hydrogens (tertiary/aromatic N) is 3. The van der Waals surface area contributed by atoms with Crippen molar-refractivity contribution in [1.29, 1.82) is 0 Å². The minimum Gasteiger partial charge on any atom is -0.507 e. The molecule has 0 saturated carbocycles. The molecule has 9 heteroatoms. The summed E-state index contributed by atoms with van der Waals surface area (Å²) in [7, 11) is 0. The molecule has 0 saturated heterocycles. The van der Waals surface area contributed by atoms with Crippen molar-refractivity contribution in [3.05, 3.63) is 58.3 Å². The fraction of sp³-hybridized carbons (Fsp3) is 0.0714. The molecule has 0 aliphatic rings. The highest BCUT2D eigenvalue weighted by molar-refractivity contribution is 7.99. The molecule has 0 aliphatic heterocycles. The van der Waals surface area contributed by atoms with Gasteiger partial charge in [0.1, 0.15) is 5.75 Å². The van der Waals surface area contributed by atoms with Gasteiger partial charge in [-0.05, 0) is 18.2 Å². The van der Waals surface area contributed by atoms with Gasteiger partial charge in [-0.3, -0.25) is 14.9 Å². The number of aromatic nitrogens is 1. The summed E-state index contributed by atoms with van der Waals surface area (Å²) in [5.74, 6) is -0.409. The molecular formula is C14H12N4O4S. The zero-order valence-electron chi connectivity index (χ0n) is 11.7. The Morgan fingerprint density at radius 2 is 2.26 bits per heavy atom. The molecule has 1 aromatic heterocycles. The number of rotatable bonds is 6. The fourth-order valence-corrected chi connectivity index (χ4v) is 2.19. The van der Waals surface area contributed by atoms with E-state index in [2.05, 4.69) is 15.5 Å². The van der Waals surface area contributed by atoms with Crippen LogP contribution in [0.15, 0.2) is 52.7 Å². The number of nitrogens with one attached hydrogen (secondary N) is 1. The molecule has 0 aliphatic carbocycles. The molecule has 0 spiro atoms. The van der Waals surface area contributed by atoms with Crippen LogP contribution in [0.2, 0.25) is 0 Å². The van der Waals surface area contributed by atoms with Gasteiger partial charge < -0.3 is 5.11 Å². The number of aromatic hydroxyl groups is 1. The third kappa shape index (κ3) is 5.08. The van der Waals surface area contributed by atoms with Crippen LogP contribution in [0, 0.1) is 10.1 Å². The highest BCUT2D eigenvalue weighted by atomic mass is 32.2. The third-order valence-electron chi connectivity index (χ3n) is 2.60. The van der Waals surface area contributed by atoms with Crippen molar-refractivity contribution in [2.24, 2.45) is 5.10 Å². The van der Waals surface area contributed by atoms with Crippen molar-refractivity contribution in [1.82, 2.24) is 10.4 Å². The van der Waals surface area contributed by atoms with Crippen LogP contribution in [-0.4, -0.2) is 32.9 Å². The zero-order valence-corrected chi connectivity index (χ0v) is 12.6. The fourth-order valence-electron chi connectivity index (χ4n) is 1.54. The maximum atomic E-state index is 11.6. The lowest BCUT2D eigenvalue weighted by Crippen LogP contribution is -2.19. The van der Waals surface area contributed by atoms with E-state index in [4.69, 9.17) is 0 Å². The quantitative estimate of drug-likeness (QED) is 0.361. The molecule has 2 aromatic rings. The molecule has 0 radical (unpaired) electrons. The standard InChI is InChI=1S/C14H12N4O4S/c19-12-5-4-11(18(21)22)7-10(12)8-16-17-13(20)9-23-14-3-1-2-6-15-14/h1-8,19H,9H2,(H,17,20)/b16-8+. The van der Waals surface area contributed by atoms with Crippen molar-refractivity contribution in [3.63, 3.8) is 0 Å². The maximum Gasteiger partial charge on any atom is 0.270 e. The first kappa shape index (κ1) is 16.4. The van der Waals surface area contributed by atoms with Gasteiger partial charge >= 0.3 is 0 Å². The van der Waals surface area contributed by atoms with Crippen molar-refractivity contribution >= 4 is 29.6 Å². The molecule has 2 N–H and O–H groups in total. The Hall–Kier alpha value is -2.94. The molecule has 1 aromatic carbocycles. The van der Waals surface area contributed by atoms with E-state index < -0.39 is 4.92 Å². The second-order valence-corrected chi connectivity index (χ2v) is 5.25. The van der Waals surface area contributed by atoms with Crippen LogP contribution in [0.25, 0.3) is 0 Å². The van der Waals surface area contributed by atoms with Gasteiger partial charge in [-0.1, -0.05) is 17.8 Å². The van der Waals surface area contributed by atoms with Gasteiger partial charge in [-0.25, -0.2) is 10.4 Å². The number of nitro benzene ring substituents is 1. The molecule has 8 nitrogen and oxygen atoms in total. The second-order valence-electron chi connectivity index (χ2n) is 4.25. The first-order chi connectivity index (χ1) is 11.1. The number of thioether (sulfide) groups is 1. The molecule has 118 valence electrons. The second kappa shape index (κ2) is 7.90. The molecule has 0 bridgehead atoms. The van der Waals surface area contributed by atoms with Gasteiger partial charge in [0.2, 0.25) is 5.91 Å². The SMILES string of the molecule is O=C(CSc1ccccn1)N/N=C/c1cc([N+](=O)[O-])ccc1O. The summed E-state index contributed by atoms with van der Waals surface area (Å²) in [5.41, 5.74) is 2.23. The lowest BCUT2D eigenvalue weighted by Gasteiger charge is -2.01. The van der Waals surface area contributed by atoms with E-state index in [1.807, 2.05) is 6.07 Å². The summed E-state index contributed by atoms with van der Waals surface area (Å²) >= 11 is 1.25. The van der Waals surface area contributed by atoms with Gasteiger partial charge in [0.25, 0.3) is 5.69 Å². The Kier molecular flexibility index (Phi) is 5.64. The summed E-state index contributed by atoms with van der Waals surface area (Å²) in [6.07, 6.45) is 2.77. The largest absolute Gasteiger partial charge is 0.507 e. The van der Waals surface area contributed by atoms with Crippen LogP contribution < -0.4 is 5.43 Å². The first-order valence-corrected chi connectivity index (χ1v) is 7.38. The van der Waals surface area contributed by atoms with E-state index in [9.17, 15) is 20.0 Å². The predicted molar refractivity (Wildman–Crippen MR) is 85.5 cm³/mol. The molecule has 0 atom stereocenters. The number of benzene rings is 1. The van der Waals surface area contributed by atoms with E-state index in [0.29, 0.717) is 5.03 Å². The highest BCUT2D eigenvalue weighted by Crippen LogP contribution is 2.21. The van der Waals surface area contributed by atoms with Crippen molar-refractivity contribution in [2.45, 2.75) is 5.03 Å². The van der Waals surface area contributed by atoms with E-state index in [0.717, 1.165) is 12.3 Å². The minimum atomic E-state index is -0.584. The summed E-state index contributed by atoms with van der Waals surface area (Å²) < 4.78 is 0. The van der Waals surface area contributed by atoms with Crippen LogP contribution in [0.3, 0.4) is 0 Å². The summed E-state index contributed by atoms with van der Waals surface area (Å²) in [4.78, 5) is 25.8. The van der Waals surface area contributed by atoms with Gasteiger partial charge in [0.05, 0.1) is 21.9 Å². The molecule has 0 fully saturated rings. The molecule has 0 unspecified atom stereocenters. The Balaban J connectivity index is 1.90. The van der Waals surface area contributed by atoms with Gasteiger partial charge in [0.15, 0.2) is 0 Å². The number of hydrogen-bond donors (Lipinski definition) is 2. The number of nitro groups is 1. The maximum absolute atomic E-state index is 11.6. The molecular weight excluding hydrogens is 320 g/mol. The first-order valence-electron chi connectivity index (χ1n) is 6.39. The zero-order chi connectivity index (χ0) is 16.7. The minimum absolute atomic E-state index is 0.120. The lowest BCUT2D eigenvalue weighted by atomic mass is 10.2. The van der Waals surface area contributed by atoms with Crippen LogP contribution in [0.1, 0.15) is 5.56 Å². The number of phenolic OH excluding ortho intramolecular Hbond substituents is 1. The average Bonchev–Trinajstić information content (AvgIpc) is 2.55. The molecule has 23 heavy (non-hydrogen) atoms. The number of non-ortho nitro benzene ring substituents is 1. The Morgan fingerprint density at radius 3 is 2.96 bits per heavy atom. The van der Waals surface area contributed by atoms with Crippen molar-refractivity contribution < 1.29 is 14.8 Å². The topological polar surface area (TPSA) is 118 Å². The Labute approximate surface area is 135 Å². The number of pyridine rings is 1. The van der Waals surface area contributed by atoms with Crippen LogP contribution in [-0.2, 0) is 4.79 Å². The Morgan fingerprint density at radius 1 is 1.43 bits per heavy atom. The number of carbonyl (C=O) groups excluding carboxylic acids is 1. The summed E-state index contributed by atoms with van der Waals surface area (Å²) in [6.45, 7) is 0. The van der Waals surface area contributed by atoms with E-state index in [1.165, 1.54) is 23.9 Å². The highest BCUT2D eigenvalue weighted by Gasteiger charge is 2.09. The predicted octanol–water partition coefficient (Wildman–Crippen LogP) is 1.94. The monoisotopic (exact) mass is 332 g/mol. The van der Waals surface area contributed by atoms with Crippen LogP contribution in [0.4, 0.5) is 5.69 Å². The van der Waals surface area contributed by atoms with Gasteiger partial charge in [0, 0.05) is 23.9 Å².